The second-order valence-corrected chi connectivity index (χ2v) is 6.97. The van der Waals surface area contributed by atoms with E-state index in [0.29, 0.717) is 24.9 Å². The van der Waals surface area contributed by atoms with E-state index in [0.717, 1.165) is 25.0 Å². The first kappa shape index (κ1) is 17.8. The number of carbonyl (C=O) groups is 1. The highest BCUT2D eigenvalue weighted by Gasteiger charge is 2.32. The van der Waals surface area contributed by atoms with Gasteiger partial charge in [-0.15, -0.1) is 11.3 Å². The molecule has 0 saturated carbocycles. The van der Waals surface area contributed by atoms with Gasteiger partial charge in [-0.05, 0) is 5.56 Å². The van der Waals surface area contributed by atoms with E-state index in [9.17, 15) is 4.79 Å². The molecule has 0 unspecified atom stereocenters. The number of nitrogens with one attached hydrogen (secondary N) is 2. The Kier molecular flexibility index (Phi) is 6.01. The number of amides is 2. The molecule has 1 saturated heterocycles. The summed E-state index contributed by atoms with van der Waals surface area (Å²) in [5.41, 5.74) is 1.81. The average Bonchev–Trinajstić information content (AvgIpc) is 3.08. The van der Waals surface area contributed by atoms with Crippen LogP contribution in [0.2, 0.25) is 0 Å². The number of ether oxygens (including phenoxy) is 2. The van der Waals surface area contributed by atoms with Crippen LogP contribution in [0.4, 0.5) is 9.93 Å². The van der Waals surface area contributed by atoms with E-state index >= 15 is 0 Å². The van der Waals surface area contributed by atoms with Crippen molar-refractivity contribution < 1.29 is 14.3 Å². The lowest BCUT2D eigenvalue weighted by molar-refractivity contribution is -0.0859. The molecule has 3 rings (SSSR count). The highest BCUT2D eigenvalue weighted by atomic mass is 32.1. The predicted octanol–water partition coefficient (Wildman–Crippen LogP) is 3.05. The second kappa shape index (κ2) is 8.42. The molecule has 0 atom stereocenters. The summed E-state index contributed by atoms with van der Waals surface area (Å²) in [7, 11) is 1.68. The number of hydrogen-bond donors (Lipinski definition) is 2. The van der Waals surface area contributed by atoms with E-state index in [2.05, 4.69) is 27.8 Å². The van der Waals surface area contributed by atoms with Gasteiger partial charge in [-0.1, -0.05) is 30.3 Å². The van der Waals surface area contributed by atoms with Crippen molar-refractivity contribution in [3.05, 3.63) is 47.0 Å². The summed E-state index contributed by atoms with van der Waals surface area (Å²) in [6, 6.07) is 9.89. The van der Waals surface area contributed by atoms with Crippen molar-refractivity contribution >= 4 is 22.5 Å². The maximum absolute atomic E-state index is 12.1. The van der Waals surface area contributed by atoms with Crippen LogP contribution in [0.1, 0.15) is 24.1 Å². The van der Waals surface area contributed by atoms with Crippen LogP contribution in [-0.2, 0) is 15.9 Å². The number of anilines is 1. The van der Waals surface area contributed by atoms with Gasteiger partial charge in [0.2, 0.25) is 0 Å². The Morgan fingerprint density at radius 3 is 2.80 bits per heavy atom. The smallest absolute Gasteiger partial charge is 0.321 e. The standard InChI is InChI=1S/C18H23N3O3S/c1-23-18(7-9-24-10-8-18)13-19-16(22)21-17-20-15(12-25-17)11-14-5-3-2-4-6-14/h2-6,12H,7-11,13H2,1H3,(H2,19,20,21,22). The van der Waals surface area contributed by atoms with Gasteiger partial charge in [0.25, 0.3) is 0 Å². The normalized spacial score (nSPS) is 16.4. The van der Waals surface area contributed by atoms with Crippen molar-refractivity contribution in [3.63, 3.8) is 0 Å². The molecule has 0 radical (unpaired) electrons. The molecule has 1 aromatic heterocycles. The van der Waals surface area contributed by atoms with Crippen LogP contribution in [-0.4, -0.2) is 43.5 Å². The van der Waals surface area contributed by atoms with Gasteiger partial charge in [0.1, 0.15) is 0 Å². The van der Waals surface area contributed by atoms with Crippen LogP contribution in [0.25, 0.3) is 0 Å². The fourth-order valence-corrected chi connectivity index (χ4v) is 3.54. The van der Waals surface area contributed by atoms with Crippen molar-refractivity contribution in [2.45, 2.75) is 24.9 Å². The molecule has 7 heteroatoms. The molecule has 1 aliphatic rings. The quantitative estimate of drug-likeness (QED) is 0.829. The highest BCUT2D eigenvalue weighted by Crippen LogP contribution is 2.23. The number of rotatable bonds is 6. The zero-order valence-electron chi connectivity index (χ0n) is 14.3. The molecule has 0 spiro atoms. The summed E-state index contributed by atoms with van der Waals surface area (Å²) in [5, 5.41) is 8.26. The van der Waals surface area contributed by atoms with Crippen LogP contribution in [0, 0.1) is 0 Å². The zero-order chi connectivity index (χ0) is 17.5. The predicted molar refractivity (Wildman–Crippen MR) is 98.2 cm³/mol. The average molecular weight is 361 g/mol. The molecule has 134 valence electrons. The molecule has 6 nitrogen and oxygen atoms in total. The van der Waals surface area contributed by atoms with Gasteiger partial charge in [0.15, 0.2) is 5.13 Å². The van der Waals surface area contributed by atoms with E-state index in [1.807, 2.05) is 23.6 Å². The number of carbonyl (C=O) groups excluding carboxylic acids is 1. The number of thiazole rings is 1. The van der Waals surface area contributed by atoms with Crippen molar-refractivity contribution in [1.82, 2.24) is 10.3 Å². The van der Waals surface area contributed by atoms with E-state index in [-0.39, 0.29) is 11.6 Å². The van der Waals surface area contributed by atoms with Gasteiger partial charge in [-0.3, -0.25) is 5.32 Å². The Morgan fingerprint density at radius 2 is 2.08 bits per heavy atom. The topological polar surface area (TPSA) is 72.5 Å². The number of nitrogens with zero attached hydrogens (tertiary/aromatic N) is 1. The number of aromatic nitrogens is 1. The minimum Gasteiger partial charge on any atom is -0.381 e. The monoisotopic (exact) mass is 361 g/mol. The fourth-order valence-electron chi connectivity index (χ4n) is 2.83. The molecule has 0 bridgehead atoms. The number of urea groups is 1. The summed E-state index contributed by atoms with van der Waals surface area (Å²) in [6.45, 7) is 1.78. The van der Waals surface area contributed by atoms with E-state index in [1.54, 1.807) is 7.11 Å². The third-order valence-electron chi connectivity index (χ3n) is 4.41. The third-order valence-corrected chi connectivity index (χ3v) is 5.21. The van der Waals surface area contributed by atoms with Crippen LogP contribution in [0.15, 0.2) is 35.7 Å². The summed E-state index contributed by atoms with van der Waals surface area (Å²) < 4.78 is 11.0. The number of hydrogen-bond acceptors (Lipinski definition) is 5. The summed E-state index contributed by atoms with van der Waals surface area (Å²) in [4.78, 5) is 16.6. The SMILES string of the molecule is COC1(CNC(=O)Nc2nc(Cc3ccccc3)cs2)CCOCC1. The molecule has 2 N–H and O–H groups in total. The molecule has 1 aliphatic heterocycles. The van der Waals surface area contributed by atoms with Gasteiger partial charge in [0.05, 0.1) is 11.3 Å². The lowest BCUT2D eigenvalue weighted by Crippen LogP contribution is -2.49. The van der Waals surface area contributed by atoms with Crippen molar-refractivity contribution in [1.29, 1.82) is 0 Å². The van der Waals surface area contributed by atoms with Crippen molar-refractivity contribution in [3.8, 4) is 0 Å². The highest BCUT2D eigenvalue weighted by molar-refractivity contribution is 7.13. The van der Waals surface area contributed by atoms with Crippen LogP contribution in [0.3, 0.4) is 0 Å². The first-order valence-electron chi connectivity index (χ1n) is 8.35. The van der Waals surface area contributed by atoms with E-state index in [1.165, 1.54) is 16.9 Å². The Bertz CT molecular complexity index is 684. The molecular weight excluding hydrogens is 338 g/mol. The first-order valence-corrected chi connectivity index (χ1v) is 9.23. The van der Waals surface area contributed by atoms with Crippen LogP contribution < -0.4 is 10.6 Å². The lowest BCUT2D eigenvalue weighted by atomic mass is 9.94. The van der Waals surface area contributed by atoms with Crippen molar-refractivity contribution in [2.24, 2.45) is 0 Å². The minimum atomic E-state index is -0.336. The third kappa shape index (κ3) is 5.01. The number of benzene rings is 1. The van der Waals surface area contributed by atoms with Gasteiger partial charge in [-0.2, -0.15) is 0 Å². The van der Waals surface area contributed by atoms with Crippen LogP contribution in [0.5, 0.6) is 0 Å². The number of methoxy groups -OCH3 is 1. The Morgan fingerprint density at radius 1 is 1.32 bits per heavy atom. The summed E-state index contributed by atoms with van der Waals surface area (Å²) >= 11 is 1.43. The maximum Gasteiger partial charge on any atom is 0.321 e. The fraction of sp³-hybridized carbons (Fsp3) is 0.444. The van der Waals surface area contributed by atoms with Gasteiger partial charge < -0.3 is 14.8 Å². The summed E-state index contributed by atoms with van der Waals surface area (Å²) in [6.07, 6.45) is 2.32. The molecule has 2 amide bonds. The second-order valence-electron chi connectivity index (χ2n) is 6.11. The molecule has 1 fully saturated rings. The molecule has 2 aromatic rings. The van der Waals surface area contributed by atoms with E-state index < -0.39 is 0 Å². The maximum atomic E-state index is 12.1. The van der Waals surface area contributed by atoms with Gasteiger partial charge in [-0.25, -0.2) is 9.78 Å². The lowest BCUT2D eigenvalue weighted by Gasteiger charge is -2.35. The Hall–Kier alpha value is -1.96. The molecule has 25 heavy (non-hydrogen) atoms. The first-order chi connectivity index (χ1) is 12.2. The largest absolute Gasteiger partial charge is 0.381 e. The Labute approximate surface area is 151 Å². The van der Waals surface area contributed by atoms with Gasteiger partial charge >= 0.3 is 6.03 Å². The molecule has 0 aliphatic carbocycles. The van der Waals surface area contributed by atoms with E-state index in [4.69, 9.17) is 9.47 Å². The molecule has 1 aromatic carbocycles. The van der Waals surface area contributed by atoms with Gasteiger partial charge in [0, 0.05) is 51.5 Å². The minimum absolute atomic E-state index is 0.261. The van der Waals surface area contributed by atoms with Crippen molar-refractivity contribution in [2.75, 3.05) is 32.2 Å². The summed E-state index contributed by atoms with van der Waals surface area (Å²) in [5.74, 6) is 0. The zero-order valence-corrected chi connectivity index (χ0v) is 15.1. The Balaban J connectivity index is 1.49. The van der Waals surface area contributed by atoms with Crippen LogP contribution >= 0.6 is 11.3 Å². The molecule has 2 heterocycles. The molecular formula is C18H23N3O3S.